The molecule has 1 N–H and O–H groups in total. The second kappa shape index (κ2) is 13.4. The Kier molecular flexibility index (Phi) is 13.2. The third-order valence-electron chi connectivity index (χ3n) is 4.75. The summed E-state index contributed by atoms with van der Waals surface area (Å²) in [5.74, 6) is 2.63. The van der Waals surface area contributed by atoms with Crippen molar-refractivity contribution in [3.63, 3.8) is 0 Å². The molecule has 0 aromatic heterocycles. The lowest BCUT2D eigenvalue weighted by atomic mass is 9.89. The van der Waals surface area contributed by atoms with Gasteiger partial charge in [0, 0.05) is 0 Å². The molecule has 0 aromatic carbocycles. The minimum atomic E-state index is 0.191. The maximum atomic E-state index is 8.89. The van der Waals surface area contributed by atoms with E-state index in [0.717, 1.165) is 24.2 Å². The van der Waals surface area contributed by atoms with Crippen molar-refractivity contribution in [2.45, 2.75) is 92.4 Å². The van der Waals surface area contributed by atoms with Crippen LogP contribution in [0.2, 0.25) is 0 Å². The molecule has 0 bridgehead atoms. The Morgan fingerprint density at radius 2 is 1.57 bits per heavy atom. The predicted molar refractivity (Wildman–Crippen MR) is 95.6 cm³/mol. The van der Waals surface area contributed by atoms with Crippen molar-refractivity contribution in [1.29, 1.82) is 0 Å². The number of allylic oxidation sites excluding steroid dienone is 1. The summed E-state index contributed by atoms with van der Waals surface area (Å²) in [4.78, 5) is 0. The average Bonchev–Trinajstić information content (AvgIpc) is 2.42. The van der Waals surface area contributed by atoms with Gasteiger partial charge in [0.25, 0.3) is 0 Å². The maximum Gasteiger partial charge on any atom is 0.0614 e. The summed E-state index contributed by atoms with van der Waals surface area (Å²) >= 11 is 0. The summed E-state index contributed by atoms with van der Waals surface area (Å²) in [7, 11) is 0. The first-order chi connectivity index (χ1) is 9.99. The van der Waals surface area contributed by atoms with Gasteiger partial charge in [0.2, 0.25) is 0 Å². The van der Waals surface area contributed by atoms with Gasteiger partial charge in [-0.15, -0.1) is 0 Å². The lowest BCUT2D eigenvalue weighted by Crippen LogP contribution is -2.02. The van der Waals surface area contributed by atoms with Crippen molar-refractivity contribution in [1.82, 2.24) is 0 Å². The van der Waals surface area contributed by atoms with Crippen LogP contribution in [-0.4, -0.2) is 11.7 Å². The van der Waals surface area contributed by atoms with E-state index in [4.69, 9.17) is 5.11 Å². The summed E-state index contributed by atoms with van der Waals surface area (Å²) in [6, 6.07) is 0. The molecule has 0 aliphatic heterocycles. The van der Waals surface area contributed by atoms with Crippen molar-refractivity contribution < 1.29 is 5.11 Å². The number of hydrogen-bond donors (Lipinski definition) is 1. The third-order valence-corrected chi connectivity index (χ3v) is 4.75. The van der Waals surface area contributed by atoms with Gasteiger partial charge in [-0.3, -0.25) is 0 Å². The second-order valence-corrected chi connectivity index (χ2v) is 7.41. The lowest BCUT2D eigenvalue weighted by molar-refractivity contribution is 0.340. The molecular formula is C20H40O. The molecule has 0 heterocycles. The van der Waals surface area contributed by atoms with E-state index >= 15 is 0 Å². The Hall–Kier alpha value is -0.300. The van der Waals surface area contributed by atoms with Crippen LogP contribution in [0.4, 0.5) is 0 Å². The van der Waals surface area contributed by atoms with E-state index < -0.39 is 0 Å². The van der Waals surface area contributed by atoms with Gasteiger partial charge in [-0.25, -0.2) is 0 Å². The van der Waals surface area contributed by atoms with Crippen LogP contribution in [0.1, 0.15) is 92.4 Å². The monoisotopic (exact) mass is 296 g/mol. The number of aliphatic hydroxyl groups excluding tert-OH is 1. The molecule has 0 rings (SSSR count). The smallest absolute Gasteiger partial charge is 0.0614 e. The maximum absolute atomic E-state index is 8.89. The van der Waals surface area contributed by atoms with Crippen LogP contribution in [0.5, 0.6) is 0 Å². The Balaban J connectivity index is 3.73. The molecule has 0 radical (unpaired) electrons. The fourth-order valence-corrected chi connectivity index (χ4v) is 3.02. The van der Waals surface area contributed by atoms with Crippen LogP contribution in [0.25, 0.3) is 0 Å². The van der Waals surface area contributed by atoms with E-state index in [9.17, 15) is 0 Å². The van der Waals surface area contributed by atoms with Gasteiger partial charge in [-0.2, -0.15) is 0 Å². The summed E-state index contributed by atoms with van der Waals surface area (Å²) in [5.41, 5.74) is 1.35. The summed E-state index contributed by atoms with van der Waals surface area (Å²) in [6.07, 6.45) is 14.1. The van der Waals surface area contributed by atoms with Crippen molar-refractivity contribution in [2.24, 2.45) is 17.8 Å². The SMILES string of the molecule is CCC(CCCC(C)CCCC(C)C)CC/C(C)=C/CO. The van der Waals surface area contributed by atoms with Crippen LogP contribution in [-0.2, 0) is 0 Å². The van der Waals surface area contributed by atoms with Crippen molar-refractivity contribution in [3.05, 3.63) is 11.6 Å². The molecule has 0 amide bonds. The highest BCUT2D eigenvalue weighted by atomic mass is 16.2. The molecule has 1 heteroatoms. The van der Waals surface area contributed by atoms with E-state index in [1.807, 2.05) is 6.08 Å². The third kappa shape index (κ3) is 13.1. The minimum absolute atomic E-state index is 0.191. The van der Waals surface area contributed by atoms with E-state index in [2.05, 4.69) is 34.6 Å². The molecule has 0 saturated heterocycles. The van der Waals surface area contributed by atoms with Gasteiger partial charge in [0.05, 0.1) is 6.61 Å². The topological polar surface area (TPSA) is 20.2 Å². The molecule has 0 aromatic rings. The fraction of sp³-hybridized carbons (Fsp3) is 0.900. The molecule has 21 heavy (non-hydrogen) atoms. The van der Waals surface area contributed by atoms with Crippen molar-refractivity contribution >= 4 is 0 Å². The minimum Gasteiger partial charge on any atom is -0.392 e. The van der Waals surface area contributed by atoms with E-state index in [1.165, 1.54) is 56.9 Å². The average molecular weight is 297 g/mol. The first-order valence-corrected chi connectivity index (χ1v) is 9.26. The summed E-state index contributed by atoms with van der Waals surface area (Å²) in [6.45, 7) is 11.7. The van der Waals surface area contributed by atoms with Gasteiger partial charge < -0.3 is 5.11 Å². The Morgan fingerprint density at radius 3 is 2.10 bits per heavy atom. The van der Waals surface area contributed by atoms with E-state index in [-0.39, 0.29) is 6.61 Å². The highest BCUT2D eigenvalue weighted by Crippen LogP contribution is 2.24. The standard InChI is InChI=1S/C20H40O/c1-6-20(14-13-19(5)15-16-21)12-8-11-18(4)10-7-9-17(2)3/h15,17-18,20-21H,6-14,16H2,1-5H3/b19-15+. The normalized spacial score (nSPS) is 15.5. The zero-order valence-electron chi connectivity index (χ0n) is 15.3. The molecule has 0 aliphatic carbocycles. The largest absolute Gasteiger partial charge is 0.392 e. The van der Waals surface area contributed by atoms with Crippen LogP contribution < -0.4 is 0 Å². The van der Waals surface area contributed by atoms with E-state index in [1.54, 1.807) is 0 Å². The first kappa shape index (κ1) is 20.7. The van der Waals surface area contributed by atoms with Crippen LogP contribution in [0, 0.1) is 17.8 Å². The molecule has 126 valence electrons. The molecule has 2 atom stereocenters. The Morgan fingerprint density at radius 1 is 0.952 bits per heavy atom. The molecule has 0 spiro atoms. The highest BCUT2D eigenvalue weighted by Gasteiger charge is 2.09. The molecule has 2 unspecified atom stereocenters. The van der Waals surface area contributed by atoms with Crippen LogP contribution in [0.15, 0.2) is 11.6 Å². The summed E-state index contributed by atoms with van der Waals surface area (Å²) in [5, 5.41) is 8.89. The lowest BCUT2D eigenvalue weighted by Gasteiger charge is -2.17. The number of rotatable bonds is 13. The predicted octanol–water partition coefficient (Wildman–Crippen LogP) is 6.36. The molecule has 0 saturated carbocycles. The Labute approximate surface area is 134 Å². The Bertz CT molecular complexity index is 255. The van der Waals surface area contributed by atoms with Crippen molar-refractivity contribution in [3.8, 4) is 0 Å². The highest BCUT2D eigenvalue weighted by molar-refractivity contribution is 4.97. The zero-order chi connectivity index (χ0) is 16.1. The first-order valence-electron chi connectivity index (χ1n) is 9.26. The quantitative estimate of drug-likeness (QED) is 0.392. The van der Waals surface area contributed by atoms with E-state index in [0.29, 0.717) is 0 Å². The number of aliphatic hydroxyl groups is 1. The molecule has 0 fully saturated rings. The summed E-state index contributed by atoms with van der Waals surface area (Å²) < 4.78 is 0. The van der Waals surface area contributed by atoms with Crippen LogP contribution in [0.3, 0.4) is 0 Å². The fourth-order valence-electron chi connectivity index (χ4n) is 3.02. The van der Waals surface area contributed by atoms with Crippen LogP contribution >= 0.6 is 0 Å². The van der Waals surface area contributed by atoms with Gasteiger partial charge in [0.1, 0.15) is 0 Å². The van der Waals surface area contributed by atoms with Gasteiger partial charge in [0.15, 0.2) is 0 Å². The van der Waals surface area contributed by atoms with Gasteiger partial charge >= 0.3 is 0 Å². The zero-order valence-corrected chi connectivity index (χ0v) is 15.3. The second-order valence-electron chi connectivity index (χ2n) is 7.41. The molecule has 1 nitrogen and oxygen atoms in total. The van der Waals surface area contributed by atoms with Gasteiger partial charge in [-0.1, -0.05) is 84.3 Å². The molecule has 0 aliphatic rings. The van der Waals surface area contributed by atoms with Gasteiger partial charge in [-0.05, 0) is 37.5 Å². The molecular weight excluding hydrogens is 256 g/mol. The number of hydrogen-bond acceptors (Lipinski definition) is 1. The van der Waals surface area contributed by atoms with Crippen molar-refractivity contribution in [2.75, 3.05) is 6.61 Å².